The van der Waals surface area contributed by atoms with Crippen LogP contribution in [0.5, 0.6) is 17.2 Å². The predicted octanol–water partition coefficient (Wildman–Crippen LogP) is 3.59. The maximum absolute atomic E-state index is 13.1. The number of likely N-dealkylation sites (tertiary alicyclic amines) is 1. The van der Waals surface area contributed by atoms with Crippen LogP contribution in [0.15, 0.2) is 42.5 Å². The van der Waals surface area contributed by atoms with Crippen molar-refractivity contribution in [2.75, 3.05) is 44.9 Å². The number of hydrogen-bond donors (Lipinski definition) is 1. The molecular weight excluding hydrogens is 432 g/mol. The second-order valence-electron chi connectivity index (χ2n) is 9.43. The van der Waals surface area contributed by atoms with E-state index < -0.39 is 6.10 Å². The fourth-order valence-corrected chi connectivity index (χ4v) is 5.03. The number of benzene rings is 2. The third kappa shape index (κ3) is 5.00. The van der Waals surface area contributed by atoms with E-state index in [4.69, 9.17) is 14.2 Å². The largest absolute Gasteiger partial charge is 0.493 e. The number of hydrogen-bond acceptors (Lipinski definition) is 6. The normalized spacial score (nSPS) is 22.9. The summed E-state index contributed by atoms with van der Waals surface area (Å²) < 4.78 is 17.6. The molecule has 1 N–H and O–H groups in total. The molecule has 5 rings (SSSR count). The molecule has 182 valence electrons. The molecule has 0 radical (unpaired) electrons. The van der Waals surface area contributed by atoms with Crippen molar-refractivity contribution >= 4 is 11.6 Å². The number of carbonyl (C=O) groups is 1. The number of ether oxygens (including phenoxy) is 3. The molecule has 2 heterocycles. The van der Waals surface area contributed by atoms with E-state index in [9.17, 15) is 9.90 Å². The van der Waals surface area contributed by atoms with Gasteiger partial charge in [0.2, 0.25) is 0 Å². The van der Waals surface area contributed by atoms with E-state index in [1.54, 1.807) is 12.0 Å². The number of carbonyl (C=O) groups excluding carboxylic acids is 1. The van der Waals surface area contributed by atoms with E-state index >= 15 is 0 Å². The Balaban J connectivity index is 1.18. The first-order chi connectivity index (χ1) is 16.7. The minimum atomic E-state index is -0.478. The van der Waals surface area contributed by atoms with Crippen molar-refractivity contribution in [2.45, 2.75) is 50.2 Å². The van der Waals surface area contributed by atoms with Gasteiger partial charge in [-0.25, -0.2) is 0 Å². The molecule has 0 aromatic heterocycles. The van der Waals surface area contributed by atoms with Gasteiger partial charge in [-0.3, -0.25) is 9.69 Å². The van der Waals surface area contributed by atoms with Crippen molar-refractivity contribution in [3.8, 4) is 17.2 Å². The van der Waals surface area contributed by atoms with E-state index in [0.29, 0.717) is 37.0 Å². The van der Waals surface area contributed by atoms with Crippen molar-refractivity contribution in [3.63, 3.8) is 0 Å². The van der Waals surface area contributed by atoms with E-state index in [2.05, 4.69) is 17.0 Å². The lowest BCUT2D eigenvalue weighted by Gasteiger charge is -2.23. The van der Waals surface area contributed by atoms with Gasteiger partial charge in [-0.05, 0) is 68.0 Å². The first-order valence-electron chi connectivity index (χ1n) is 12.4. The van der Waals surface area contributed by atoms with Gasteiger partial charge in [0.25, 0.3) is 5.91 Å². The number of methoxy groups -OCH3 is 1. The maximum Gasteiger partial charge on any atom is 0.268 e. The average molecular weight is 467 g/mol. The van der Waals surface area contributed by atoms with Crippen LogP contribution in [0.4, 0.5) is 5.69 Å². The molecule has 1 saturated carbocycles. The van der Waals surface area contributed by atoms with Crippen molar-refractivity contribution < 1.29 is 24.1 Å². The highest BCUT2D eigenvalue weighted by Crippen LogP contribution is 2.40. The van der Waals surface area contributed by atoms with Crippen molar-refractivity contribution in [1.29, 1.82) is 0 Å². The molecule has 1 amide bonds. The monoisotopic (exact) mass is 466 g/mol. The fraction of sp³-hybridized carbons (Fsp3) is 0.519. The van der Waals surface area contributed by atoms with Crippen LogP contribution in [0.3, 0.4) is 0 Å². The van der Waals surface area contributed by atoms with Crippen molar-refractivity contribution in [3.05, 3.63) is 48.0 Å². The highest BCUT2D eigenvalue weighted by atomic mass is 16.5. The molecular formula is C27H34N2O5. The smallest absolute Gasteiger partial charge is 0.268 e. The molecule has 2 aliphatic heterocycles. The standard InChI is InChI=1S/C27H34N2O5/c1-32-26-17-21(8-11-24(26)33-16-15-28-13-2-3-22(28)18-30)29-14-12-25(27(29)31)34-23-9-6-20(7-10-23)19-4-5-19/h6-11,17,19,22,25,30H,2-5,12-16,18H2,1H3/t22-,25+/m1/s1. The summed E-state index contributed by atoms with van der Waals surface area (Å²) in [5.41, 5.74) is 2.14. The molecule has 7 heteroatoms. The van der Waals surface area contributed by atoms with Gasteiger partial charge in [0.15, 0.2) is 17.6 Å². The van der Waals surface area contributed by atoms with Crippen LogP contribution in [0, 0.1) is 0 Å². The van der Waals surface area contributed by atoms with E-state index in [-0.39, 0.29) is 18.6 Å². The Bertz CT molecular complexity index is 991. The molecule has 7 nitrogen and oxygen atoms in total. The van der Waals surface area contributed by atoms with E-state index in [0.717, 1.165) is 37.4 Å². The Morgan fingerprint density at radius 1 is 1.00 bits per heavy atom. The van der Waals surface area contributed by atoms with Gasteiger partial charge in [0, 0.05) is 37.3 Å². The summed E-state index contributed by atoms with van der Waals surface area (Å²) >= 11 is 0. The zero-order valence-corrected chi connectivity index (χ0v) is 19.8. The molecule has 1 aliphatic carbocycles. The van der Waals surface area contributed by atoms with Crippen LogP contribution < -0.4 is 19.1 Å². The number of aliphatic hydroxyl groups is 1. The van der Waals surface area contributed by atoms with Crippen LogP contribution in [0.2, 0.25) is 0 Å². The Morgan fingerprint density at radius 3 is 2.56 bits per heavy atom. The lowest BCUT2D eigenvalue weighted by Crippen LogP contribution is -2.35. The van der Waals surface area contributed by atoms with Crippen LogP contribution >= 0.6 is 0 Å². The van der Waals surface area contributed by atoms with Gasteiger partial charge < -0.3 is 24.2 Å². The second kappa shape index (κ2) is 10.2. The fourth-order valence-electron chi connectivity index (χ4n) is 5.03. The zero-order valence-electron chi connectivity index (χ0n) is 19.8. The molecule has 0 bridgehead atoms. The number of amides is 1. The third-order valence-electron chi connectivity index (χ3n) is 7.17. The van der Waals surface area contributed by atoms with Gasteiger partial charge in [0.1, 0.15) is 12.4 Å². The van der Waals surface area contributed by atoms with Crippen LogP contribution in [0.25, 0.3) is 0 Å². The Kier molecular flexibility index (Phi) is 6.92. The lowest BCUT2D eigenvalue weighted by atomic mass is 10.1. The van der Waals surface area contributed by atoms with Crippen molar-refractivity contribution in [2.24, 2.45) is 0 Å². The quantitative estimate of drug-likeness (QED) is 0.577. The molecule has 0 unspecified atom stereocenters. The summed E-state index contributed by atoms with van der Waals surface area (Å²) in [6.45, 7) is 3.07. The minimum Gasteiger partial charge on any atom is -0.493 e. The summed E-state index contributed by atoms with van der Waals surface area (Å²) in [7, 11) is 1.61. The first kappa shape index (κ1) is 23.0. The lowest BCUT2D eigenvalue weighted by molar-refractivity contribution is -0.122. The molecule has 2 saturated heterocycles. The molecule has 0 spiro atoms. The summed E-state index contributed by atoms with van der Waals surface area (Å²) in [5.74, 6) is 2.67. The zero-order chi connectivity index (χ0) is 23.5. The van der Waals surface area contributed by atoms with Crippen molar-refractivity contribution in [1.82, 2.24) is 4.90 Å². The van der Waals surface area contributed by atoms with E-state index in [1.165, 1.54) is 18.4 Å². The molecule has 34 heavy (non-hydrogen) atoms. The third-order valence-corrected chi connectivity index (χ3v) is 7.17. The van der Waals surface area contributed by atoms with Crippen LogP contribution in [0.1, 0.15) is 43.6 Å². The number of rotatable bonds is 10. The Morgan fingerprint density at radius 2 is 1.82 bits per heavy atom. The summed E-state index contributed by atoms with van der Waals surface area (Å²) in [6, 6.07) is 14.0. The molecule has 2 aromatic rings. The maximum atomic E-state index is 13.1. The highest BCUT2D eigenvalue weighted by Gasteiger charge is 2.35. The second-order valence-corrected chi connectivity index (χ2v) is 9.43. The predicted molar refractivity (Wildman–Crippen MR) is 130 cm³/mol. The summed E-state index contributed by atoms with van der Waals surface area (Å²) in [6.07, 6.45) is 4.86. The van der Waals surface area contributed by atoms with Gasteiger partial charge in [-0.15, -0.1) is 0 Å². The Labute approximate surface area is 201 Å². The van der Waals surface area contributed by atoms with Crippen LogP contribution in [-0.2, 0) is 4.79 Å². The van der Waals surface area contributed by atoms with Gasteiger partial charge >= 0.3 is 0 Å². The molecule has 3 fully saturated rings. The van der Waals surface area contributed by atoms with E-state index in [1.807, 2.05) is 30.3 Å². The average Bonchev–Trinajstić information content (AvgIpc) is 3.52. The Hall–Kier alpha value is -2.77. The number of aliphatic hydroxyl groups excluding tert-OH is 1. The van der Waals surface area contributed by atoms with Gasteiger partial charge in [-0.2, -0.15) is 0 Å². The van der Waals surface area contributed by atoms with Crippen LogP contribution in [-0.4, -0.2) is 68.0 Å². The summed E-state index contributed by atoms with van der Waals surface area (Å²) in [5, 5.41) is 9.48. The molecule has 2 atom stereocenters. The topological polar surface area (TPSA) is 71.5 Å². The SMILES string of the molecule is COc1cc(N2CC[C@H](Oc3ccc(C4CC4)cc3)C2=O)ccc1OCCN1CCC[C@@H]1CO. The molecule has 3 aliphatic rings. The summed E-state index contributed by atoms with van der Waals surface area (Å²) in [4.78, 5) is 17.1. The molecule has 2 aromatic carbocycles. The minimum absolute atomic E-state index is 0.0360. The number of nitrogens with zero attached hydrogens (tertiary/aromatic N) is 2. The number of anilines is 1. The first-order valence-corrected chi connectivity index (χ1v) is 12.4. The van der Waals surface area contributed by atoms with Gasteiger partial charge in [0.05, 0.1) is 13.7 Å². The van der Waals surface area contributed by atoms with Gasteiger partial charge in [-0.1, -0.05) is 12.1 Å². The highest BCUT2D eigenvalue weighted by molar-refractivity contribution is 5.99.